The Labute approximate surface area is 146 Å². The van der Waals surface area contributed by atoms with E-state index in [0.29, 0.717) is 5.69 Å². The maximum absolute atomic E-state index is 12.3. The molecule has 25 heavy (non-hydrogen) atoms. The standard InChI is InChI=1S/C18H23N3O4/c1-12(14-7-5-6-8-15(14)25-4)9-16(22)20-13-10-19-21(11-13)18(2,3)17(23)24/h5-8,10-12H,9H2,1-4H3,(H,20,22)(H,23,24). The third-order valence-electron chi connectivity index (χ3n) is 4.12. The van der Waals surface area contributed by atoms with E-state index in [9.17, 15) is 14.7 Å². The zero-order valence-electron chi connectivity index (χ0n) is 14.8. The summed E-state index contributed by atoms with van der Waals surface area (Å²) in [6, 6.07) is 7.59. The second kappa shape index (κ2) is 7.38. The predicted octanol–water partition coefficient (Wildman–Crippen LogP) is 2.84. The molecule has 2 rings (SSSR count). The largest absolute Gasteiger partial charge is 0.496 e. The van der Waals surface area contributed by atoms with Crippen LogP contribution in [0.25, 0.3) is 0 Å². The first-order chi connectivity index (χ1) is 11.8. The summed E-state index contributed by atoms with van der Waals surface area (Å²) < 4.78 is 6.64. The van der Waals surface area contributed by atoms with Crippen molar-refractivity contribution in [3.63, 3.8) is 0 Å². The molecule has 0 aliphatic rings. The molecule has 7 nitrogen and oxygen atoms in total. The minimum Gasteiger partial charge on any atom is -0.496 e. The summed E-state index contributed by atoms with van der Waals surface area (Å²) in [7, 11) is 1.60. The van der Waals surface area contributed by atoms with Gasteiger partial charge in [0.15, 0.2) is 5.54 Å². The van der Waals surface area contributed by atoms with E-state index in [1.807, 2.05) is 31.2 Å². The van der Waals surface area contributed by atoms with Gasteiger partial charge in [-0.25, -0.2) is 4.79 Å². The van der Waals surface area contributed by atoms with E-state index in [1.54, 1.807) is 7.11 Å². The SMILES string of the molecule is COc1ccccc1C(C)CC(=O)Nc1cnn(C(C)(C)C(=O)O)c1. The quantitative estimate of drug-likeness (QED) is 0.805. The van der Waals surface area contributed by atoms with Gasteiger partial charge in [-0.3, -0.25) is 9.48 Å². The molecule has 1 aromatic heterocycles. The molecule has 134 valence electrons. The highest BCUT2D eigenvalue weighted by atomic mass is 16.5. The van der Waals surface area contributed by atoms with Crippen molar-refractivity contribution in [2.45, 2.75) is 38.6 Å². The fourth-order valence-corrected chi connectivity index (χ4v) is 2.46. The van der Waals surface area contributed by atoms with Gasteiger partial charge in [-0.05, 0) is 31.4 Å². The van der Waals surface area contributed by atoms with Crippen LogP contribution in [0.1, 0.15) is 38.7 Å². The number of methoxy groups -OCH3 is 1. The molecule has 0 fully saturated rings. The number of para-hydroxylation sites is 1. The van der Waals surface area contributed by atoms with Crippen LogP contribution in [0.4, 0.5) is 5.69 Å². The molecule has 1 aromatic carbocycles. The number of carboxylic acid groups (broad SMARTS) is 1. The monoisotopic (exact) mass is 345 g/mol. The summed E-state index contributed by atoms with van der Waals surface area (Å²) in [5.41, 5.74) is 0.239. The first-order valence-corrected chi connectivity index (χ1v) is 7.97. The number of aromatic nitrogens is 2. The molecule has 1 heterocycles. The molecule has 0 saturated heterocycles. The van der Waals surface area contributed by atoms with E-state index >= 15 is 0 Å². The van der Waals surface area contributed by atoms with Gasteiger partial charge in [0.2, 0.25) is 5.91 Å². The number of ether oxygens (including phenoxy) is 1. The fourth-order valence-electron chi connectivity index (χ4n) is 2.46. The molecule has 1 unspecified atom stereocenters. The normalized spacial score (nSPS) is 12.5. The molecule has 0 radical (unpaired) electrons. The van der Waals surface area contributed by atoms with Crippen LogP contribution in [0.15, 0.2) is 36.7 Å². The molecule has 2 aromatic rings. The lowest BCUT2D eigenvalue weighted by molar-refractivity contribution is -0.146. The van der Waals surface area contributed by atoms with Crippen LogP contribution < -0.4 is 10.1 Å². The van der Waals surface area contributed by atoms with Gasteiger partial charge in [0.25, 0.3) is 0 Å². The average Bonchev–Trinajstić information content (AvgIpc) is 3.03. The van der Waals surface area contributed by atoms with E-state index < -0.39 is 11.5 Å². The van der Waals surface area contributed by atoms with E-state index in [-0.39, 0.29) is 18.2 Å². The Morgan fingerprint density at radius 2 is 2.04 bits per heavy atom. The minimum atomic E-state index is -1.19. The second-order valence-corrected chi connectivity index (χ2v) is 6.43. The zero-order chi connectivity index (χ0) is 18.6. The molecule has 0 spiro atoms. The van der Waals surface area contributed by atoms with E-state index in [1.165, 1.54) is 30.9 Å². The highest BCUT2D eigenvalue weighted by Gasteiger charge is 2.30. The number of nitrogens with zero attached hydrogens (tertiary/aromatic N) is 2. The number of rotatable bonds is 7. The van der Waals surface area contributed by atoms with Crippen molar-refractivity contribution >= 4 is 17.6 Å². The number of carbonyl (C=O) groups is 2. The molecule has 0 saturated carbocycles. The Morgan fingerprint density at radius 1 is 1.36 bits per heavy atom. The Hall–Kier alpha value is -2.83. The van der Waals surface area contributed by atoms with Crippen molar-refractivity contribution < 1.29 is 19.4 Å². The van der Waals surface area contributed by atoms with Crippen molar-refractivity contribution in [3.05, 3.63) is 42.2 Å². The van der Waals surface area contributed by atoms with Gasteiger partial charge in [-0.1, -0.05) is 25.1 Å². The zero-order valence-corrected chi connectivity index (χ0v) is 14.8. The number of carbonyl (C=O) groups excluding carboxylic acids is 1. The molecule has 7 heteroatoms. The number of nitrogens with one attached hydrogen (secondary N) is 1. The van der Waals surface area contributed by atoms with E-state index in [0.717, 1.165) is 11.3 Å². The number of anilines is 1. The van der Waals surface area contributed by atoms with Crippen LogP contribution in [0.3, 0.4) is 0 Å². The number of amides is 1. The predicted molar refractivity (Wildman–Crippen MR) is 93.8 cm³/mol. The van der Waals surface area contributed by atoms with Gasteiger partial charge in [0.1, 0.15) is 5.75 Å². The summed E-state index contributed by atoms with van der Waals surface area (Å²) in [5.74, 6) is -0.454. The van der Waals surface area contributed by atoms with Crippen molar-refractivity contribution in [3.8, 4) is 5.75 Å². The van der Waals surface area contributed by atoms with Gasteiger partial charge in [-0.2, -0.15) is 5.10 Å². The van der Waals surface area contributed by atoms with Crippen LogP contribution >= 0.6 is 0 Å². The maximum Gasteiger partial charge on any atom is 0.331 e. The molecular formula is C18H23N3O4. The Kier molecular flexibility index (Phi) is 5.46. The summed E-state index contributed by atoms with van der Waals surface area (Å²) in [6.07, 6.45) is 3.23. The lowest BCUT2D eigenvalue weighted by Gasteiger charge is -2.19. The summed E-state index contributed by atoms with van der Waals surface area (Å²) in [6.45, 7) is 5.03. The van der Waals surface area contributed by atoms with Crippen LogP contribution in [0, 0.1) is 0 Å². The Balaban J connectivity index is 2.03. The second-order valence-electron chi connectivity index (χ2n) is 6.43. The van der Waals surface area contributed by atoms with Gasteiger partial charge < -0.3 is 15.2 Å². The Bertz CT molecular complexity index is 767. The van der Waals surface area contributed by atoms with Crippen molar-refractivity contribution in [2.75, 3.05) is 12.4 Å². The molecule has 0 aliphatic heterocycles. The number of aliphatic carboxylic acids is 1. The fraction of sp³-hybridized carbons (Fsp3) is 0.389. The van der Waals surface area contributed by atoms with Crippen LogP contribution in [-0.4, -0.2) is 33.9 Å². The van der Waals surface area contributed by atoms with Crippen molar-refractivity contribution in [1.29, 1.82) is 0 Å². The average molecular weight is 345 g/mol. The van der Waals surface area contributed by atoms with E-state index in [2.05, 4.69) is 10.4 Å². The van der Waals surface area contributed by atoms with Crippen molar-refractivity contribution in [1.82, 2.24) is 9.78 Å². The van der Waals surface area contributed by atoms with Gasteiger partial charge in [0, 0.05) is 12.6 Å². The molecular weight excluding hydrogens is 322 g/mol. The molecule has 0 aliphatic carbocycles. The summed E-state index contributed by atoms with van der Waals surface area (Å²) >= 11 is 0. The van der Waals surface area contributed by atoms with Crippen LogP contribution in [0.5, 0.6) is 5.75 Å². The van der Waals surface area contributed by atoms with Gasteiger partial charge >= 0.3 is 5.97 Å². The van der Waals surface area contributed by atoms with E-state index in [4.69, 9.17) is 4.74 Å². The third kappa shape index (κ3) is 4.17. The first-order valence-electron chi connectivity index (χ1n) is 7.97. The Morgan fingerprint density at radius 3 is 2.68 bits per heavy atom. The highest BCUT2D eigenvalue weighted by molar-refractivity contribution is 5.91. The molecule has 1 amide bonds. The smallest absolute Gasteiger partial charge is 0.331 e. The van der Waals surface area contributed by atoms with Gasteiger partial charge in [-0.15, -0.1) is 0 Å². The lowest BCUT2D eigenvalue weighted by atomic mass is 9.96. The summed E-state index contributed by atoms with van der Waals surface area (Å²) in [4.78, 5) is 23.5. The molecule has 2 N–H and O–H groups in total. The van der Waals surface area contributed by atoms with Crippen LogP contribution in [0.2, 0.25) is 0 Å². The van der Waals surface area contributed by atoms with Crippen LogP contribution in [-0.2, 0) is 15.1 Å². The number of hydrogen-bond donors (Lipinski definition) is 2. The maximum atomic E-state index is 12.3. The first kappa shape index (κ1) is 18.5. The number of carboxylic acids is 1. The summed E-state index contributed by atoms with van der Waals surface area (Å²) in [5, 5.41) is 16.0. The number of hydrogen-bond acceptors (Lipinski definition) is 4. The van der Waals surface area contributed by atoms with Gasteiger partial charge in [0.05, 0.1) is 19.0 Å². The third-order valence-corrected chi connectivity index (χ3v) is 4.12. The minimum absolute atomic E-state index is 0.0262. The van der Waals surface area contributed by atoms with Crippen molar-refractivity contribution in [2.24, 2.45) is 0 Å². The highest BCUT2D eigenvalue weighted by Crippen LogP contribution is 2.28. The number of benzene rings is 1. The lowest BCUT2D eigenvalue weighted by Crippen LogP contribution is -2.35. The topological polar surface area (TPSA) is 93.5 Å². The molecule has 0 bridgehead atoms. The molecule has 1 atom stereocenters.